The lowest BCUT2D eigenvalue weighted by Crippen LogP contribution is -2.40. The molecule has 0 amide bonds. The number of carbonyl (C=O) groups excluding carboxylic acids is 1. The Bertz CT molecular complexity index is 1120. The van der Waals surface area contributed by atoms with Gasteiger partial charge in [0, 0.05) is 19.8 Å². The Morgan fingerprint density at radius 2 is 1.89 bits per heavy atom. The van der Waals surface area contributed by atoms with Crippen molar-refractivity contribution < 1.29 is 9.53 Å². The van der Waals surface area contributed by atoms with Crippen molar-refractivity contribution in [1.29, 1.82) is 0 Å². The fourth-order valence-corrected chi connectivity index (χ4v) is 4.31. The quantitative estimate of drug-likeness (QED) is 0.740. The Morgan fingerprint density at radius 1 is 1.25 bits per heavy atom. The Labute approximate surface area is 168 Å². The predicted molar refractivity (Wildman–Crippen MR) is 112 cm³/mol. The first-order chi connectivity index (χ1) is 13.3. The van der Waals surface area contributed by atoms with Gasteiger partial charge in [0.1, 0.15) is 0 Å². The third-order valence-electron chi connectivity index (χ3n) is 4.67. The summed E-state index contributed by atoms with van der Waals surface area (Å²) in [5.74, 6) is -0.437. The first-order valence-corrected chi connectivity index (χ1v) is 10.0. The number of allylic oxidation sites excluding steroid dienone is 1. The van der Waals surface area contributed by atoms with Gasteiger partial charge in [0.2, 0.25) is 0 Å². The van der Waals surface area contributed by atoms with Crippen LogP contribution in [-0.4, -0.2) is 31.2 Å². The van der Waals surface area contributed by atoms with Crippen LogP contribution in [0.3, 0.4) is 0 Å². The number of thiazole rings is 1. The van der Waals surface area contributed by atoms with Crippen molar-refractivity contribution in [1.82, 2.24) is 4.57 Å². The normalized spacial score (nSPS) is 15.7. The molecule has 0 N–H and O–H groups in total. The van der Waals surface area contributed by atoms with E-state index in [0.29, 0.717) is 20.6 Å². The molecule has 7 heteroatoms. The van der Waals surface area contributed by atoms with Crippen LogP contribution in [0.4, 0.5) is 5.69 Å². The number of nitrogens with zero attached hydrogens (tertiary/aromatic N) is 3. The lowest BCUT2D eigenvalue weighted by atomic mass is 9.95. The van der Waals surface area contributed by atoms with Gasteiger partial charge in [-0.05, 0) is 45.4 Å². The molecule has 0 saturated carbocycles. The Balaban J connectivity index is 2.30. The van der Waals surface area contributed by atoms with Gasteiger partial charge in [-0.25, -0.2) is 9.79 Å². The van der Waals surface area contributed by atoms with Crippen LogP contribution in [-0.2, 0) is 9.53 Å². The van der Waals surface area contributed by atoms with Gasteiger partial charge >= 0.3 is 5.97 Å². The van der Waals surface area contributed by atoms with Crippen molar-refractivity contribution in [3.8, 4) is 0 Å². The van der Waals surface area contributed by atoms with E-state index in [-0.39, 0.29) is 12.2 Å². The van der Waals surface area contributed by atoms with E-state index in [9.17, 15) is 9.59 Å². The third kappa shape index (κ3) is 3.42. The maximum atomic E-state index is 13.2. The largest absolute Gasteiger partial charge is 0.463 e. The van der Waals surface area contributed by atoms with Gasteiger partial charge in [-0.1, -0.05) is 29.0 Å². The monoisotopic (exact) mass is 399 g/mol. The van der Waals surface area contributed by atoms with Gasteiger partial charge < -0.3 is 9.64 Å². The molecular weight excluding hydrogens is 374 g/mol. The van der Waals surface area contributed by atoms with Crippen molar-refractivity contribution in [3.63, 3.8) is 0 Å². The molecule has 2 heterocycles. The van der Waals surface area contributed by atoms with Crippen molar-refractivity contribution in [2.45, 2.75) is 33.7 Å². The summed E-state index contributed by atoms with van der Waals surface area (Å²) in [7, 11) is 3.94. The van der Waals surface area contributed by atoms with Crippen LogP contribution in [0, 0.1) is 0 Å². The van der Waals surface area contributed by atoms with Crippen molar-refractivity contribution >= 4 is 28.6 Å². The van der Waals surface area contributed by atoms with Gasteiger partial charge in [0.25, 0.3) is 5.56 Å². The first kappa shape index (κ1) is 20.1. The number of hydrogen-bond donors (Lipinski definition) is 0. The van der Waals surface area contributed by atoms with Gasteiger partial charge in [-0.2, -0.15) is 0 Å². The molecule has 1 aromatic heterocycles. The molecule has 1 aromatic carbocycles. The Hall–Kier alpha value is -2.67. The Morgan fingerprint density at radius 3 is 2.43 bits per heavy atom. The van der Waals surface area contributed by atoms with E-state index < -0.39 is 12.0 Å². The highest BCUT2D eigenvalue weighted by Gasteiger charge is 2.33. The number of aromatic nitrogens is 1. The zero-order valence-corrected chi connectivity index (χ0v) is 17.9. The van der Waals surface area contributed by atoms with Crippen LogP contribution in [0.2, 0.25) is 0 Å². The summed E-state index contributed by atoms with van der Waals surface area (Å²) in [6, 6.07) is 7.31. The average molecular weight is 400 g/mol. The summed E-state index contributed by atoms with van der Waals surface area (Å²) >= 11 is 1.36. The molecule has 148 valence electrons. The number of benzene rings is 1. The number of esters is 1. The number of anilines is 1. The number of fused-ring (bicyclic) bond motifs is 1. The minimum Gasteiger partial charge on any atom is -0.463 e. The lowest BCUT2D eigenvalue weighted by molar-refractivity contribution is -0.139. The lowest BCUT2D eigenvalue weighted by Gasteiger charge is -2.25. The highest BCUT2D eigenvalue weighted by Crippen LogP contribution is 2.31. The summed E-state index contributed by atoms with van der Waals surface area (Å²) in [4.78, 5) is 33.1. The van der Waals surface area contributed by atoms with Gasteiger partial charge in [0.05, 0.1) is 28.5 Å². The summed E-state index contributed by atoms with van der Waals surface area (Å²) in [6.07, 6.45) is 0. The smallest absolute Gasteiger partial charge is 0.338 e. The van der Waals surface area contributed by atoms with Crippen molar-refractivity contribution in [2.75, 3.05) is 25.6 Å². The zero-order chi connectivity index (χ0) is 20.6. The molecule has 0 saturated heterocycles. The number of hydrogen-bond acceptors (Lipinski definition) is 6. The van der Waals surface area contributed by atoms with Crippen LogP contribution in [0.25, 0.3) is 5.57 Å². The molecule has 28 heavy (non-hydrogen) atoms. The number of rotatable bonds is 4. The van der Waals surface area contributed by atoms with E-state index in [1.165, 1.54) is 11.3 Å². The average Bonchev–Trinajstić information content (AvgIpc) is 2.97. The first-order valence-electron chi connectivity index (χ1n) is 9.19. The third-order valence-corrected chi connectivity index (χ3v) is 5.93. The number of ether oxygens (including phenoxy) is 1. The number of carbonyl (C=O) groups is 1. The predicted octanol–water partition coefficient (Wildman–Crippen LogP) is 2.23. The van der Waals surface area contributed by atoms with E-state index >= 15 is 0 Å². The van der Waals surface area contributed by atoms with Crippen LogP contribution in [0.15, 0.2) is 45.3 Å². The molecule has 6 nitrogen and oxygen atoms in total. The molecule has 0 aliphatic carbocycles. The second kappa shape index (κ2) is 7.75. The molecule has 1 aliphatic rings. The SMILES string of the molecule is CCOC(=O)C1=C(C)N=c2sc(=C(C)C)c(=O)n2[C@@H]1c1ccc(N(C)C)cc1. The molecule has 3 rings (SSSR count). The van der Waals surface area contributed by atoms with Crippen LogP contribution in [0.1, 0.15) is 39.3 Å². The fourth-order valence-electron chi connectivity index (χ4n) is 3.27. The molecule has 0 radical (unpaired) electrons. The summed E-state index contributed by atoms with van der Waals surface area (Å²) in [6.45, 7) is 7.65. The highest BCUT2D eigenvalue weighted by atomic mass is 32.1. The molecule has 0 spiro atoms. The second-order valence-electron chi connectivity index (χ2n) is 7.11. The second-order valence-corrected chi connectivity index (χ2v) is 8.09. The van der Waals surface area contributed by atoms with Gasteiger partial charge in [-0.3, -0.25) is 9.36 Å². The van der Waals surface area contributed by atoms with E-state index in [0.717, 1.165) is 16.8 Å². The topological polar surface area (TPSA) is 63.9 Å². The van der Waals surface area contributed by atoms with E-state index in [2.05, 4.69) is 4.99 Å². The van der Waals surface area contributed by atoms with Crippen LogP contribution >= 0.6 is 11.3 Å². The zero-order valence-electron chi connectivity index (χ0n) is 17.1. The standard InChI is InChI=1S/C21H25N3O3S/c1-7-27-20(26)16-13(4)22-21-24(19(25)18(28-21)12(2)3)17(16)14-8-10-15(11-9-14)23(5)6/h8-11,17H,7H2,1-6H3/t17-/m1/s1. The molecule has 0 unspecified atom stereocenters. The molecule has 2 aromatic rings. The van der Waals surface area contributed by atoms with Crippen molar-refractivity contribution in [2.24, 2.45) is 4.99 Å². The molecular formula is C21H25N3O3S. The minimum atomic E-state index is -0.556. The van der Waals surface area contributed by atoms with Crippen LogP contribution < -0.4 is 19.8 Å². The Kier molecular flexibility index (Phi) is 5.56. The fraction of sp³-hybridized carbons (Fsp3) is 0.381. The highest BCUT2D eigenvalue weighted by molar-refractivity contribution is 7.07. The van der Waals surface area contributed by atoms with Gasteiger partial charge in [0.15, 0.2) is 4.80 Å². The van der Waals surface area contributed by atoms with E-state index in [4.69, 9.17) is 4.74 Å². The summed E-state index contributed by atoms with van der Waals surface area (Å²) in [5.41, 5.74) is 3.70. The maximum absolute atomic E-state index is 13.2. The maximum Gasteiger partial charge on any atom is 0.338 e. The molecule has 0 bridgehead atoms. The van der Waals surface area contributed by atoms with Crippen molar-refractivity contribution in [3.05, 3.63) is 60.8 Å². The van der Waals surface area contributed by atoms with Gasteiger partial charge in [-0.15, -0.1) is 0 Å². The molecule has 1 atom stereocenters. The molecule has 1 aliphatic heterocycles. The van der Waals surface area contributed by atoms with E-state index in [1.807, 2.05) is 57.1 Å². The minimum absolute atomic E-state index is 0.125. The van der Waals surface area contributed by atoms with E-state index in [1.54, 1.807) is 18.4 Å². The molecule has 0 fully saturated rings. The van der Waals surface area contributed by atoms with Crippen LogP contribution in [0.5, 0.6) is 0 Å². The summed E-state index contributed by atoms with van der Waals surface area (Å²) in [5, 5.41) is 0. The summed E-state index contributed by atoms with van der Waals surface area (Å²) < 4.78 is 7.57.